The van der Waals surface area contributed by atoms with Crippen LogP contribution in [0.5, 0.6) is 17.2 Å². The zero-order chi connectivity index (χ0) is 21.3. The monoisotopic (exact) mass is 441 g/mol. The Labute approximate surface area is 180 Å². The van der Waals surface area contributed by atoms with E-state index in [-0.39, 0.29) is 5.56 Å². The Bertz CT molecular complexity index is 1290. The minimum atomic E-state index is -0.199. The Balaban J connectivity index is 1.77. The molecule has 0 saturated carbocycles. The lowest BCUT2D eigenvalue weighted by Gasteiger charge is -2.12. The van der Waals surface area contributed by atoms with Crippen LogP contribution >= 0.6 is 23.1 Å². The van der Waals surface area contributed by atoms with E-state index in [1.54, 1.807) is 45.2 Å². The van der Waals surface area contributed by atoms with Crippen LogP contribution in [0.4, 0.5) is 0 Å². The number of fused-ring (bicyclic) bond motifs is 1. The molecule has 2 heterocycles. The first-order chi connectivity index (χ1) is 14.6. The summed E-state index contributed by atoms with van der Waals surface area (Å²) in [5.74, 6) is 1.89. The molecule has 7 nitrogen and oxygen atoms in total. The van der Waals surface area contributed by atoms with E-state index >= 15 is 0 Å². The summed E-state index contributed by atoms with van der Waals surface area (Å²) < 4.78 is 18.0. The Hall–Kier alpha value is -3.04. The normalized spacial score (nSPS) is 11.8. The van der Waals surface area contributed by atoms with Crippen LogP contribution in [0.2, 0.25) is 0 Å². The van der Waals surface area contributed by atoms with Gasteiger partial charge in [-0.05, 0) is 42.2 Å². The van der Waals surface area contributed by atoms with Gasteiger partial charge >= 0.3 is 0 Å². The van der Waals surface area contributed by atoms with Gasteiger partial charge in [-0.1, -0.05) is 23.5 Å². The zero-order valence-corrected chi connectivity index (χ0v) is 18.5. The molecule has 0 spiro atoms. The van der Waals surface area contributed by atoms with E-state index in [9.17, 15) is 4.79 Å². The van der Waals surface area contributed by atoms with Crippen LogP contribution in [0, 0.1) is 0 Å². The number of hydrogen-bond donors (Lipinski definition) is 0. The smallest absolute Gasteiger partial charge is 0.291 e. The number of ether oxygens (including phenoxy) is 3. The lowest BCUT2D eigenvalue weighted by Crippen LogP contribution is -2.23. The van der Waals surface area contributed by atoms with Crippen LogP contribution in [-0.4, -0.2) is 42.2 Å². The van der Waals surface area contributed by atoms with Crippen molar-refractivity contribution >= 4 is 34.1 Å². The zero-order valence-electron chi connectivity index (χ0n) is 16.8. The van der Waals surface area contributed by atoms with Crippen LogP contribution in [0.3, 0.4) is 0 Å². The lowest BCUT2D eigenvalue weighted by molar-refractivity contribution is 0.324. The number of methoxy groups -OCH3 is 3. The first-order valence-electron chi connectivity index (χ1n) is 8.93. The van der Waals surface area contributed by atoms with E-state index in [0.29, 0.717) is 38.1 Å². The van der Waals surface area contributed by atoms with E-state index in [2.05, 4.69) is 10.1 Å². The highest BCUT2D eigenvalue weighted by molar-refractivity contribution is 7.98. The van der Waals surface area contributed by atoms with Crippen LogP contribution < -0.4 is 24.3 Å². The Morgan fingerprint density at radius 1 is 1.03 bits per heavy atom. The largest absolute Gasteiger partial charge is 0.493 e. The second-order valence-electron chi connectivity index (χ2n) is 6.23. The first kappa shape index (κ1) is 20.2. The number of benzene rings is 2. The van der Waals surface area contributed by atoms with Crippen molar-refractivity contribution in [2.45, 2.75) is 4.90 Å². The summed E-state index contributed by atoms with van der Waals surface area (Å²) in [6, 6.07) is 11.5. The maximum Gasteiger partial charge on any atom is 0.291 e. The molecule has 0 N–H and O–H groups in total. The van der Waals surface area contributed by atoms with Gasteiger partial charge in [-0.2, -0.15) is 9.50 Å². The van der Waals surface area contributed by atoms with Crippen LogP contribution in [-0.2, 0) is 0 Å². The number of hydrogen-bond acceptors (Lipinski definition) is 8. The molecule has 4 aromatic rings. The van der Waals surface area contributed by atoms with Crippen molar-refractivity contribution in [3.8, 4) is 28.6 Å². The van der Waals surface area contributed by atoms with E-state index in [1.807, 2.05) is 36.6 Å². The molecule has 0 aliphatic carbocycles. The average molecular weight is 442 g/mol. The summed E-state index contributed by atoms with van der Waals surface area (Å²) in [7, 11) is 4.63. The fraction of sp³-hybridized carbons (Fsp3) is 0.190. The minimum Gasteiger partial charge on any atom is -0.493 e. The molecule has 2 aromatic heterocycles. The molecule has 0 amide bonds. The maximum absolute atomic E-state index is 12.8. The predicted octanol–water partition coefficient (Wildman–Crippen LogP) is 3.11. The number of rotatable bonds is 6. The summed E-state index contributed by atoms with van der Waals surface area (Å²) in [4.78, 5) is 19.0. The molecular formula is C21H19N3O4S2. The molecule has 30 heavy (non-hydrogen) atoms. The molecule has 0 bridgehead atoms. The van der Waals surface area contributed by atoms with Gasteiger partial charge in [-0.15, -0.1) is 16.9 Å². The number of thioether (sulfide) groups is 1. The molecule has 0 radical (unpaired) electrons. The fourth-order valence-corrected chi connectivity index (χ4v) is 4.33. The van der Waals surface area contributed by atoms with Gasteiger partial charge in [0, 0.05) is 10.5 Å². The number of nitrogens with zero attached hydrogens (tertiary/aromatic N) is 3. The van der Waals surface area contributed by atoms with Crippen LogP contribution in [0.15, 0.2) is 46.1 Å². The van der Waals surface area contributed by atoms with Crippen molar-refractivity contribution < 1.29 is 14.2 Å². The topological polar surface area (TPSA) is 75.0 Å². The molecule has 0 aliphatic rings. The molecule has 9 heteroatoms. The van der Waals surface area contributed by atoms with Gasteiger partial charge in [0.1, 0.15) is 0 Å². The Morgan fingerprint density at radius 2 is 1.70 bits per heavy atom. The predicted molar refractivity (Wildman–Crippen MR) is 119 cm³/mol. The van der Waals surface area contributed by atoms with E-state index in [1.165, 1.54) is 20.7 Å². The number of thiazole rings is 1. The van der Waals surface area contributed by atoms with Gasteiger partial charge in [0.05, 0.1) is 25.9 Å². The van der Waals surface area contributed by atoms with Crippen LogP contribution in [0.25, 0.3) is 22.4 Å². The van der Waals surface area contributed by atoms with E-state index in [0.717, 1.165) is 5.56 Å². The molecular weight excluding hydrogens is 422 g/mol. The minimum absolute atomic E-state index is 0.199. The quantitative estimate of drug-likeness (QED) is 0.426. The molecule has 154 valence electrons. The molecule has 0 saturated heterocycles. The summed E-state index contributed by atoms with van der Waals surface area (Å²) in [5.41, 5.74) is 1.42. The molecule has 0 unspecified atom stereocenters. The molecule has 0 atom stereocenters. The third-order valence-corrected chi connectivity index (χ3v) is 6.22. The van der Waals surface area contributed by atoms with Crippen molar-refractivity contribution in [3.63, 3.8) is 0 Å². The van der Waals surface area contributed by atoms with Gasteiger partial charge in [0.25, 0.3) is 5.56 Å². The SMILES string of the molecule is COc1cc(-c2nc3s/c(=C\c4ccc(SC)cc4)c(=O)n3n2)cc(OC)c1OC. The van der Waals surface area contributed by atoms with Crippen LogP contribution in [0.1, 0.15) is 5.56 Å². The Morgan fingerprint density at radius 3 is 2.23 bits per heavy atom. The lowest BCUT2D eigenvalue weighted by atomic mass is 10.1. The van der Waals surface area contributed by atoms with Gasteiger partial charge < -0.3 is 14.2 Å². The molecule has 0 aliphatic heterocycles. The van der Waals surface area contributed by atoms with Gasteiger partial charge in [0.15, 0.2) is 17.3 Å². The van der Waals surface area contributed by atoms with E-state index in [4.69, 9.17) is 14.2 Å². The molecule has 0 fully saturated rings. The highest BCUT2D eigenvalue weighted by atomic mass is 32.2. The standard InChI is InChI=1S/C21H19N3O4S2/c1-26-15-10-13(11-16(27-2)18(15)28-3)19-22-21-24(23-19)20(25)17(30-21)9-12-5-7-14(29-4)8-6-12/h5-11H,1-4H3/b17-9-. The second-order valence-corrected chi connectivity index (χ2v) is 8.12. The fourth-order valence-electron chi connectivity index (χ4n) is 3.02. The highest BCUT2D eigenvalue weighted by Crippen LogP contribution is 2.40. The summed E-state index contributed by atoms with van der Waals surface area (Å²) in [6.45, 7) is 0. The average Bonchev–Trinajstić information content (AvgIpc) is 3.32. The van der Waals surface area contributed by atoms with Gasteiger partial charge in [-0.25, -0.2) is 0 Å². The Kier molecular flexibility index (Phi) is 5.65. The summed E-state index contributed by atoms with van der Waals surface area (Å²) >= 11 is 2.98. The second kappa shape index (κ2) is 8.37. The van der Waals surface area contributed by atoms with Crippen molar-refractivity contribution in [2.24, 2.45) is 0 Å². The number of aromatic nitrogens is 3. The highest BCUT2D eigenvalue weighted by Gasteiger charge is 2.18. The third-order valence-electron chi connectivity index (χ3n) is 4.52. The van der Waals surface area contributed by atoms with Crippen molar-refractivity contribution in [3.05, 3.63) is 56.8 Å². The summed E-state index contributed by atoms with van der Waals surface area (Å²) in [5, 5.41) is 4.41. The van der Waals surface area contributed by atoms with Gasteiger partial charge in [0.2, 0.25) is 10.7 Å². The molecule has 4 rings (SSSR count). The maximum atomic E-state index is 12.8. The third kappa shape index (κ3) is 3.61. The van der Waals surface area contributed by atoms with E-state index < -0.39 is 0 Å². The first-order valence-corrected chi connectivity index (χ1v) is 11.0. The van der Waals surface area contributed by atoms with Gasteiger partial charge in [-0.3, -0.25) is 4.79 Å². The summed E-state index contributed by atoms with van der Waals surface area (Å²) in [6.07, 6.45) is 3.88. The van der Waals surface area contributed by atoms with Crippen molar-refractivity contribution in [2.75, 3.05) is 27.6 Å². The molecule has 2 aromatic carbocycles. The van der Waals surface area contributed by atoms with Crippen molar-refractivity contribution in [1.82, 2.24) is 14.6 Å². The van der Waals surface area contributed by atoms with Crippen molar-refractivity contribution in [1.29, 1.82) is 0 Å².